The van der Waals surface area contributed by atoms with E-state index >= 15 is 0 Å². The first-order chi connectivity index (χ1) is 14.9. The van der Waals surface area contributed by atoms with Gasteiger partial charge in [-0.1, -0.05) is 0 Å². The molecule has 3 aromatic rings. The Labute approximate surface area is 180 Å². The number of hydrogen-bond acceptors (Lipinski definition) is 6. The zero-order chi connectivity index (χ0) is 22.4. The zero-order valence-electron chi connectivity index (χ0n) is 16.7. The van der Waals surface area contributed by atoms with Crippen LogP contribution in [0.15, 0.2) is 71.6 Å². The summed E-state index contributed by atoms with van der Waals surface area (Å²) < 4.78 is 38.6. The molecular weight excluding hydrogens is 418 g/mol. The van der Waals surface area contributed by atoms with E-state index in [0.29, 0.717) is 22.6 Å². The lowest BCUT2D eigenvalue weighted by molar-refractivity contribution is 0.102. The highest BCUT2D eigenvalue weighted by Crippen LogP contribution is 2.29. The Morgan fingerprint density at radius 1 is 0.903 bits per heavy atom. The van der Waals surface area contributed by atoms with Crippen LogP contribution in [0.1, 0.15) is 15.9 Å². The molecule has 0 atom stereocenters. The summed E-state index contributed by atoms with van der Waals surface area (Å²) in [4.78, 5) is 12.3. The number of amides is 1. The second kappa shape index (κ2) is 9.19. The predicted molar refractivity (Wildman–Crippen MR) is 116 cm³/mol. The molecule has 158 valence electrons. The summed E-state index contributed by atoms with van der Waals surface area (Å²) in [6, 6.07) is 18.8. The molecule has 0 radical (unpaired) electrons. The number of nitriles is 1. The van der Waals surface area contributed by atoms with E-state index in [1.165, 1.54) is 56.7 Å². The number of sulfonamides is 1. The first kappa shape index (κ1) is 21.7. The molecule has 3 aromatic carbocycles. The molecule has 9 heteroatoms. The summed E-state index contributed by atoms with van der Waals surface area (Å²) >= 11 is 0. The van der Waals surface area contributed by atoms with E-state index in [1.54, 1.807) is 24.3 Å². The molecule has 0 spiro atoms. The maximum atomic E-state index is 12.9. The number of anilines is 2. The molecule has 2 N–H and O–H groups in total. The van der Waals surface area contributed by atoms with Gasteiger partial charge in [0.1, 0.15) is 16.4 Å². The van der Waals surface area contributed by atoms with E-state index in [0.717, 1.165) is 0 Å². The topological polar surface area (TPSA) is 118 Å². The number of hydrogen-bond donors (Lipinski definition) is 2. The number of rotatable bonds is 7. The van der Waals surface area contributed by atoms with Crippen molar-refractivity contribution in [3.8, 4) is 17.6 Å². The Kier molecular flexibility index (Phi) is 6.43. The van der Waals surface area contributed by atoms with Crippen LogP contribution in [0.3, 0.4) is 0 Å². The highest BCUT2D eigenvalue weighted by atomic mass is 32.2. The van der Waals surface area contributed by atoms with Gasteiger partial charge in [0.15, 0.2) is 0 Å². The second-order valence-corrected chi connectivity index (χ2v) is 7.99. The third-order valence-corrected chi connectivity index (χ3v) is 5.73. The molecular formula is C22H19N3O5S. The van der Waals surface area contributed by atoms with Gasteiger partial charge in [0.2, 0.25) is 0 Å². The molecule has 0 aromatic heterocycles. The molecule has 8 nitrogen and oxygen atoms in total. The number of carbonyl (C=O) groups excluding carboxylic acids is 1. The molecule has 0 bridgehead atoms. The van der Waals surface area contributed by atoms with Crippen molar-refractivity contribution in [3.63, 3.8) is 0 Å². The molecule has 0 aliphatic rings. The minimum atomic E-state index is -4.01. The van der Waals surface area contributed by atoms with E-state index in [2.05, 4.69) is 10.0 Å². The molecule has 0 aliphatic heterocycles. The summed E-state index contributed by atoms with van der Waals surface area (Å²) in [5.41, 5.74) is 1.37. The molecule has 0 heterocycles. The maximum Gasteiger partial charge on any atom is 0.265 e. The number of methoxy groups -OCH3 is 2. The Hall–Kier alpha value is -4.03. The first-order valence-electron chi connectivity index (χ1n) is 9.02. The van der Waals surface area contributed by atoms with E-state index < -0.39 is 15.9 Å². The molecule has 0 saturated heterocycles. The SMILES string of the molecule is COc1ccc(NS(=O)(=O)c2cc(NC(=O)c3ccc(C#N)cc3)ccc2OC)cc1. The number of ether oxygens (including phenoxy) is 2. The summed E-state index contributed by atoms with van der Waals surface area (Å²) in [7, 11) is -1.14. The predicted octanol–water partition coefficient (Wildman–Crippen LogP) is 3.63. The van der Waals surface area contributed by atoms with Crippen LogP contribution in [-0.2, 0) is 10.0 Å². The standard InChI is InChI=1S/C22H19N3O5S/c1-29-19-10-7-17(8-11-19)25-31(27,28)21-13-18(9-12-20(21)30-2)24-22(26)16-5-3-15(14-23)4-6-16/h3-13,25H,1-2H3,(H,24,26). The third-order valence-electron chi connectivity index (χ3n) is 4.33. The van der Waals surface area contributed by atoms with Crippen LogP contribution in [0, 0.1) is 11.3 Å². The van der Waals surface area contributed by atoms with Gasteiger partial charge in [-0.15, -0.1) is 0 Å². The summed E-state index contributed by atoms with van der Waals surface area (Å²) in [6.45, 7) is 0. The Balaban J connectivity index is 1.86. The fraction of sp³-hybridized carbons (Fsp3) is 0.0909. The van der Waals surface area contributed by atoms with Gasteiger partial charge in [0, 0.05) is 16.9 Å². The molecule has 0 saturated carbocycles. The molecule has 31 heavy (non-hydrogen) atoms. The zero-order valence-corrected chi connectivity index (χ0v) is 17.6. The van der Waals surface area contributed by atoms with E-state index in [-0.39, 0.29) is 16.3 Å². The summed E-state index contributed by atoms with van der Waals surface area (Å²) in [5, 5.41) is 11.5. The minimum Gasteiger partial charge on any atom is -0.497 e. The Morgan fingerprint density at radius 2 is 1.55 bits per heavy atom. The van der Waals surface area contributed by atoms with Crippen molar-refractivity contribution in [1.82, 2.24) is 0 Å². The van der Waals surface area contributed by atoms with Crippen molar-refractivity contribution in [2.45, 2.75) is 4.90 Å². The van der Waals surface area contributed by atoms with Gasteiger partial charge in [-0.3, -0.25) is 9.52 Å². The van der Waals surface area contributed by atoms with Crippen molar-refractivity contribution >= 4 is 27.3 Å². The van der Waals surface area contributed by atoms with Gasteiger partial charge in [-0.2, -0.15) is 5.26 Å². The monoisotopic (exact) mass is 437 g/mol. The summed E-state index contributed by atoms with van der Waals surface area (Å²) in [6.07, 6.45) is 0. The van der Waals surface area contributed by atoms with Crippen LogP contribution >= 0.6 is 0 Å². The van der Waals surface area contributed by atoms with Crippen molar-refractivity contribution < 1.29 is 22.7 Å². The second-order valence-electron chi connectivity index (χ2n) is 6.34. The van der Waals surface area contributed by atoms with Gasteiger partial charge < -0.3 is 14.8 Å². The fourth-order valence-corrected chi connectivity index (χ4v) is 3.99. The Morgan fingerprint density at radius 3 is 2.13 bits per heavy atom. The van der Waals surface area contributed by atoms with Crippen molar-refractivity contribution in [3.05, 3.63) is 77.9 Å². The first-order valence-corrected chi connectivity index (χ1v) is 10.5. The van der Waals surface area contributed by atoms with Gasteiger partial charge in [-0.25, -0.2) is 8.42 Å². The maximum absolute atomic E-state index is 12.9. The number of nitrogens with one attached hydrogen (secondary N) is 2. The average molecular weight is 437 g/mol. The van der Waals surface area contributed by atoms with E-state index in [1.807, 2.05) is 6.07 Å². The third kappa shape index (κ3) is 5.12. The summed E-state index contributed by atoms with van der Waals surface area (Å²) in [5.74, 6) is 0.270. The van der Waals surface area contributed by atoms with Crippen molar-refractivity contribution in [2.75, 3.05) is 24.3 Å². The Bertz CT molecular complexity index is 1230. The molecule has 0 aliphatic carbocycles. The normalized spacial score (nSPS) is 10.6. The molecule has 3 rings (SSSR count). The highest BCUT2D eigenvalue weighted by Gasteiger charge is 2.21. The molecule has 0 unspecified atom stereocenters. The van der Waals surface area contributed by atoms with Crippen LogP contribution in [0.5, 0.6) is 11.5 Å². The fourth-order valence-electron chi connectivity index (χ4n) is 2.73. The van der Waals surface area contributed by atoms with E-state index in [4.69, 9.17) is 14.7 Å². The average Bonchev–Trinajstić information content (AvgIpc) is 2.79. The van der Waals surface area contributed by atoms with Gasteiger partial charge in [-0.05, 0) is 66.7 Å². The largest absolute Gasteiger partial charge is 0.497 e. The molecule has 1 amide bonds. The number of benzene rings is 3. The van der Waals surface area contributed by atoms with Crippen molar-refractivity contribution in [1.29, 1.82) is 5.26 Å². The lowest BCUT2D eigenvalue weighted by Crippen LogP contribution is -2.16. The quantitative estimate of drug-likeness (QED) is 0.583. The van der Waals surface area contributed by atoms with Gasteiger partial charge in [0.25, 0.3) is 15.9 Å². The van der Waals surface area contributed by atoms with Crippen LogP contribution in [0.2, 0.25) is 0 Å². The molecule has 0 fully saturated rings. The smallest absolute Gasteiger partial charge is 0.265 e. The lowest BCUT2D eigenvalue weighted by atomic mass is 10.1. The van der Waals surface area contributed by atoms with Crippen LogP contribution in [-0.4, -0.2) is 28.5 Å². The van der Waals surface area contributed by atoms with Crippen molar-refractivity contribution in [2.24, 2.45) is 0 Å². The van der Waals surface area contributed by atoms with Crippen LogP contribution in [0.25, 0.3) is 0 Å². The highest BCUT2D eigenvalue weighted by molar-refractivity contribution is 7.92. The number of nitrogens with zero attached hydrogens (tertiary/aromatic N) is 1. The van der Waals surface area contributed by atoms with Crippen LogP contribution in [0.4, 0.5) is 11.4 Å². The number of carbonyl (C=O) groups is 1. The minimum absolute atomic E-state index is 0.123. The van der Waals surface area contributed by atoms with Gasteiger partial charge >= 0.3 is 0 Å². The lowest BCUT2D eigenvalue weighted by Gasteiger charge is -2.14. The van der Waals surface area contributed by atoms with E-state index in [9.17, 15) is 13.2 Å². The van der Waals surface area contributed by atoms with Crippen LogP contribution < -0.4 is 19.5 Å². The van der Waals surface area contributed by atoms with Gasteiger partial charge in [0.05, 0.1) is 25.9 Å².